The van der Waals surface area contributed by atoms with Crippen LogP contribution in [0.1, 0.15) is 54.4 Å². The first-order valence-electron chi connectivity index (χ1n) is 12.7. The van der Waals surface area contributed by atoms with Crippen molar-refractivity contribution in [3.05, 3.63) is 80.9 Å². The molecule has 2 aromatic heterocycles. The maximum atomic E-state index is 13.2. The molecular formula is C28H34N6O4. The third-order valence-electron chi connectivity index (χ3n) is 6.58. The van der Waals surface area contributed by atoms with Gasteiger partial charge in [0, 0.05) is 29.6 Å². The van der Waals surface area contributed by atoms with Crippen molar-refractivity contribution in [2.45, 2.75) is 59.8 Å². The Hall–Kier alpha value is -4.05. The lowest BCUT2D eigenvalue weighted by atomic mass is 10.0. The van der Waals surface area contributed by atoms with Crippen LogP contribution in [0.5, 0.6) is 5.75 Å². The summed E-state index contributed by atoms with van der Waals surface area (Å²) >= 11 is 0. The summed E-state index contributed by atoms with van der Waals surface area (Å²) in [6.45, 7) is 8.93. The Kier molecular flexibility index (Phi) is 8.52. The zero-order chi connectivity index (χ0) is 27.2. The number of aromatic nitrogens is 5. The van der Waals surface area contributed by atoms with Crippen molar-refractivity contribution < 1.29 is 14.3 Å². The normalized spacial score (nSPS) is 12.2. The number of aryl methyl sites for hydroxylation is 2. The van der Waals surface area contributed by atoms with Gasteiger partial charge >= 0.3 is 5.97 Å². The summed E-state index contributed by atoms with van der Waals surface area (Å²) in [5.41, 5.74) is 4.56. The quantitative estimate of drug-likeness (QED) is 0.298. The van der Waals surface area contributed by atoms with Crippen molar-refractivity contribution in [3.63, 3.8) is 0 Å². The number of hydrogen-bond acceptors (Lipinski definition) is 8. The van der Waals surface area contributed by atoms with E-state index >= 15 is 0 Å². The van der Waals surface area contributed by atoms with Crippen LogP contribution < -0.4 is 10.3 Å². The topological polar surface area (TPSA) is 115 Å². The Bertz CT molecular complexity index is 1460. The number of hydrogen-bond donors (Lipinski definition) is 1. The van der Waals surface area contributed by atoms with E-state index < -0.39 is 5.97 Å². The van der Waals surface area contributed by atoms with Gasteiger partial charge in [-0.05, 0) is 78.6 Å². The van der Waals surface area contributed by atoms with Crippen LogP contribution in [0.3, 0.4) is 0 Å². The molecule has 200 valence electrons. The maximum Gasteiger partial charge on any atom is 0.327 e. The van der Waals surface area contributed by atoms with Gasteiger partial charge in [-0.25, -0.2) is 4.68 Å². The molecule has 0 saturated carbocycles. The number of carbonyl (C=O) groups is 1. The number of ether oxygens (including phenoxy) is 2. The van der Waals surface area contributed by atoms with Crippen molar-refractivity contribution >= 4 is 16.9 Å². The molecule has 0 aliphatic carbocycles. The molecule has 4 rings (SSSR count). The number of tetrazole rings is 1. The first-order valence-corrected chi connectivity index (χ1v) is 12.7. The Labute approximate surface area is 221 Å². The van der Waals surface area contributed by atoms with E-state index in [1.807, 2.05) is 57.2 Å². The van der Waals surface area contributed by atoms with E-state index in [0.29, 0.717) is 30.9 Å². The van der Waals surface area contributed by atoms with E-state index in [1.54, 1.807) is 14.0 Å². The number of benzene rings is 2. The molecule has 38 heavy (non-hydrogen) atoms. The molecule has 0 fully saturated rings. The smallest absolute Gasteiger partial charge is 0.327 e. The fraction of sp³-hybridized carbons (Fsp3) is 0.393. The highest BCUT2D eigenvalue weighted by molar-refractivity contribution is 5.83. The molecule has 2 aromatic carbocycles. The number of methoxy groups -OCH3 is 1. The maximum absolute atomic E-state index is 13.2. The molecule has 0 radical (unpaired) electrons. The number of pyridine rings is 1. The van der Waals surface area contributed by atoms with Crippen LogP contribution >= 0.6 is 0 Å². The van der Waals surface area contributed by atoms with Gasteiger partial charge in [0.25, 0.3) is 5.56 Å². The molecule has 0 spiro atoms. The second-order valence-electron chi connectivity index (χ2n) is 9.34. The summed E-state index contributed by atoms with van der Waals surface area (Å²) in [7, 11) is 1.63. The fourth-order valence-corrected chi connectivity index (χ4v) is 4.79. The van der Waals surface area contributed by atoms with Gasteiger partial charge in [0.2, 0.25) is 0 Å². The van der Waals surface area contributed by atoms with E-state index in [-0.39, 0.29) is 24.8 Å². The van der Waals surface area contributed by atoms with Gasteiger partial charge in [-0.15, -0.1) is 5.10 Å². The Morgan fingerprint density at radius 1 is 1.11 bits per heavy atom. The van der Waals surface area contributed by atoms with Gasteiger partial charge in [0.15, 0.2) is 5.82 Å². The van der Waals surface area contributed by atoms with E-state index in [4.69, 9.17) is 9.47 Å². The molecule has 0 bridgehead atoms. The molecule has 2 heterocycles. The highest BCUT2D eigenvalue weighted by atomic mass is 16.5. The average molecular weight is 519 g/mol. The van der Waals surface area contributed by atoms with Crippen LogP contribution in [-0.2, 0) is 29.2 Å². The van der Waals surface area contributed by atoms with Gasteiger partial charge in [0.1, 0.15) is 12.3 Å². The average Bonchev–Trinajstić information content (AvgIpc) is 3.33. The molecule has 1 unspecified atom stereocenters. The second-order valence-corrected chi connectivity index (χ2v) is 9.34. The molecule has 0 aliphatic rings. The number of aromatic amines is 1. The van der Waals surface area contributed by atoms with Crippen LogP contribution in [0.25, 0.3) is 10.9 Å². The largest absolute Gasteiger partial charge is 0.497 e. The minimum Gasteiger partial charge on any atom is -0.497 e. The molecule has 10 nitrogen and oxygen atoms in total. The predicted molar refractivity (Wildman–Crippen MR) is 144 cm³/mol. The highest BCUT2D eigenvalue weighted by Gasteiger charge is 2.27. The standard InChI is InChI=1S/C28H34N6O4/c1-6-25(27-30-31-32-34(27)17-26(35)38-7-2)33(15-20-8-10-22(37-5)11-9-20)16-21-14-23-19(4)12-18(3)13-24(23)29-28(21)36/h8-14,25H,6-7,15-17H2,1-5H3,(H,29,36). The lowest BCUT2D eigenvalue weighted by molar-refractivity contribution is -0.144. The molecule has 0 aliphatic heterocycles. The fourth-order valence-electron chi connectivity index (χ4n) is 4.79. The number of fused-ring (bicyclic) bond motifs is 1. The monoisotopic (exact) mass is 518 g/mol. The van der Waals surface area contributed by atoms with Gasteiger partial charge in [-0.2, -0.15) is 0 Å². The number of H-pyrrole nitrogens is 1. The molecule has 0 saturated heterocycles. The second kappa shape index (κ2) is 12.0. The van der Waals surface area contributed by atoms with Gasteiger partial charge < -0.3 is 14.5 Å². The van der Waals surface area contributed by atoms with Crippen molar-refractivity contribution in [3.8, 4) is 5.75 Å². The Morgan fingerprint density at radius 3 is 2.55 bits per heavy atom. The summed E-state index contributed by atoms with van der Waals surface area (Å²) < 4.78 is 11.9. The molecule has 1 N–H and O–H groups in total. The highest BCUT2D eigenvalue weighted by Crippen LogP contribution is 2.27. The summed E-state index contributed by atoms with van der Waals surface area (Å²) in [5.74, 6) is 0.898. The van der Waals surface area contributed by atoms with Crippen LogP contribution in [0, 0.1) is 13.8 Å². The minimum atomic E-state index is -0.408. The lowest BCUT2D eigenvalue weighted by Crippen LogP contribution is -2.33. The van der Waals surface area contributed by atoms with E-state index in [2.05, 4.69) is 31.5 Å². The Morgan fingerprint density at radius 2 is 1.87 bits per heavy atom. The Balaban J connectivity index is 1.74. The molecule has 1 atom stereocenters. The first-order chi connectivity index (χ1) is 18.3. The number of esters is 1. The summed E-state index contributed by atoms with van der Waals surface area (Å²) in [6.07, 6.45) is 0.656. The van der Waals surface area contributed by atoms with Gasteiger partial charge in [0.05, 0.1) is 19.8 Å². The van der Waals surface area contributed by atoms with Crippen LogP contribution in [0.2, 0.25) is 0 Å². The predicted octanol–water partition coefficient (Wildman–Crippen LogP) is 3.86. The minimum absolute atomic E-state index is 0.0852. The SMILES string of the molecule is CCOC(=O)Cn1nnnc1C(CC)N(Cc1ccc(OC)cc1)Cc1cc2c(C)cc(C)cc2[nH]c1=O. The molecule has 10 heteroatoms. The number of rotatable bonds is 11. The van der Waals surface area contributed by atoms with Crippen LogP contribution in [0.15, 0.2) is 47.3 Å². The lowest BCUT2D eigenvalue weighted by Gasteiger charge is -2.30. The van der Waals surface area contributed by atoms with Crippen molar-refractivity contribution in [1.29, 1.82) is 0 Å². The van der Waals surface area contributed by atoms with Crippen molar-refractivity contribution in [2.24, 2.45) is 0 Å². The summed E-state index contributed by atoms with van der Waals surface area (Å²) in [5, 5.41) is 13.2. The third-order valence-corrected chi connectivity index (χ3v) is 6.58. The van der Waals surface area contributed by atoms with Gasteiger partial charge in [-0.1, -0.05) is 25.1 Å². The molecule has 0 amide bonds. The van der Waals surface area contributed by atoms with E-state index in [1.165, 1.54) is 4.68 Å². The summed E-state index contributed by atoms with van der Waals surface area (Å²) in [6, 6.07) is 13.6. The zero-order valence-corrected chi connectivity index (χ0v) is 22.5. The third kappa shape index (κ3) is 6.08. The molecular weight excluding hydrogens is 484 g/mol. The van der Waals surface area contributed by atoms with E-state index in [9.17, 15) is 9.59 Å². The van der Waals surface area contributed by atoms with Crippen LogP contribution in [-0.4, -0.2) is 49.8 Å². The molecule has 4 aromatic rings. The number of nitrogens with zero attached hydrogens (tertiary/aromatic N) is 5. The van der Waals surface area contributed by atoms with Crippen LogP contribution in [0.4, 0.5) is 0 Å². The zero-order valence-electron chi connectivity index (χ0n) is 22.5. The summed E-state index contributed by atoms with van der Waals surface area (Å²) in [4.78, 5) is 30.6. The van der Waals surface area contributed by atoms with Gasteiger partial charge in [-0.3, -0.25) is 14.5 Å². The first kappa shape index (κ1) is 27.0. The van der Waals surface area contributed by atoms with Crippen molar-refractivity contribution in [2.75, 3.05) is 13.7 Å². The van der Waals surface area contributed by atoms with Crippen molar-refractivity contribution in [1.82, 2.24) is 30.1 Å². The number of carbonyl (C=O) groups excluding carboxylic acids is 1. The number of nitrogens with one attached hydrogen (secondary N) is 1. The van der Waals surface area contributed by atoms with E-state index in [0.717, 1.165) is 33.3 Å².